The topological polar surface area (TPSA) is 25.4 Å². The van der Waals surface area contributed by atoms with Gasteiger partial charge in [0.2, 0.25) is 0 Å². The molecule has 0 spiro atoms. The maximum atomic E-state index is 14.0. The molecule has 2 heterocycles. The SMILES string of the molecule is CCc1c(C)nc(C)c(-c2ccc(F)c(OC)c2)c1N1CCC(C)(C)CC1. The van der Waals surface area contributed by atoms with E-state index in [-0.39, 0.29) is 11.6 Å². The third-order valence-electron chi connectivity index (χ3n) is 5.88. The van der Waals surface area contributed by atoms with Gasteiger partial charge < -0.3 is 9.64 Å². The van der Waals surface area contributed by atoms with Gasteiger partial charge in [0.05, 0.1) is 12.8 Å². The summed E-state index contributed by atoms with van der Waals surface area (Å²) >= 11 is 0. The van der Waals surface area contributed by atoms with Crippen molar-refractivity contribution in [1.82, 2.24) is 4.98 Å². The van der Waals surface area contributed by atoms with E-state index in [1.54, 1.807) is 6.07 Å². The van der Waals surface area contributed by atoms with Crippen molar-refractivity contribution < 1.29 is 9.13 Å². The second kappa shape index (κ2) is 7.49. The summed E-state index contributed by atoms with van der Waals surface area (Å²) in [4.78, 5) is 7.33. The van der Waals surface area contributed by atoms with Gasteiger partial charge in [-0.05, 0) is 61.8 Å². The molecule has 0 amide bonds. The van der Waals surface area contributed by atoms with Crippen LogP contribution in [0.5, 0.6) is 5.75 Å². The minimum Gasteiger partial charge on any atom is -0.494 e. The number of aryl methyl sites for hydroxylation is 2. The second-order valence-corrected chi connectivity index (χ2v) is 8.34. The summed E-state index contributed by atoms with van der Waals surface area (Å²) < 4.78 is 19.2. The van der Waals surface area contributed by atoms with E-state index in [9.17, 15) is 4.39 Å². The minimum absolute atomic E-state index is 0.274. The molecule has 146 valence electrons. The van der Waals surface area contributed by atoms with Gasteiger partial charge in [0.15, 0.2) is 11.6 Å². The summed E-state index contributed by atoms with van der Waals surface area (Å²) in [7, 11) is 1.51. The maximum absolute atomic E-state index is 14.0. The zero-order chi connectivity index (χ0) is 19.8. The number of benzene rings is 1. The van der Waals surface area contributed by atoms with Gasteiger partial charge in [-0.2, -0.15) is 0 Å². The predicted octanol–water partition coefficient (Wildman–Crippen LogP) is 5.70. The molecule has 1 saturated heterocycles. The normalized spacial score (nSPS) is 16.5. The third kappa shape index (κ3) is 3.80. The highest BCUT2D eigenvalue weighted by molar-refractivity contribution is 5.84. The highest BCUT2D eigenvalue weighted by Gasteiger charge is 2.29. The summed E-state index contributed by atoms with van der Waals surface area (Å²) in [5.41, 5.74) is 7.10. The summed E-state index contributed by atoms with van der Waals surface area (Å²) in [6.45, 7) is 13.1. The van der Waals surface area contributed by atoms with E-state index in [4.69, 9.17) is 9.72 Å². The number of methoxy groups -OCH3 is 1. The highest BCUT2D eigenvalue weighted by atomic mass is 19.1. The quantitative estimate of drug-likeness (QED) is 0.690. The number of aromatic nitrogens is 1. The van der Waals surface area contributed by atoms with Crippen molar-refractivity contribution in [2.45, 2.75) is 53.9 Å². The maximum Gasteiger partial charge on any atom is 0.165 e. The van der Waals surface area contributed by atoms with Gasteiger partial charge in [0, 0.05) is 30.0 Å². The van der Waals surface area contributed by atoms with Crippen molar-refractivity contribution in [1.29, 1.82) is 0 Å². The lowest BCUT2D eigenvalue weighted by Crippen LogP contribution is -2.38. The van der Waals surface area contributed by atoms with Crippen LogP contribution >= 0.6 is 0 Å². The van der Waals surface area contributed by atoms with E-state index in [0.29, 0.717) is 5.41 Å². The highest BCUT2D eigenvalue weighted by Crippen LogP contribution is 2.42. The Kier molecular flexibility index (Phi) is 5.45. The fourth-order valence-corrected chi connectivity index (χ4v) is 4.14. The summed E-state index contributed by atoms with van der Waals surface area (Å²) in [5.74, 6) is -0.0628. The summed E-state index contributed by atoms with van der Waals surface area (Å²) in [6.07, 6.45) is 3.27. The van der Waals surface area contributed by atoms with Crippen LogP contribution in [0.4, 0.5) is 10.1 Å². The number of nitrogens with zero attached hydrogens (tertiary/aromatic N) is 2. The first-order valence-electron chi connectivity index (χ1n) is 9.86. The molecule has 3 rings (SSSR count). The number of rotatable bonds is 4. The first kappa shape index (κ1) is 19.7. The van der Waals surface area contributed by atoms with Crippen LogP contribution in [0.1, 0.15) is 50.6 Å². The smallest absolute Gasteiger partial charge is 0.165 e. The molecular formula is C23H31FN2O. The standard InChI is InChI=1S/C23H31FN2O/c1-7-18-15(2)25-16(3)21(17-8-9-19(24)20(14-17)27-6)22(18)26-12-10-23(4,5)11-13-26/h8-9,14H,7,10-13H2,1-6H3. The molecule has 3 nitrogen and oxygen atoms in total. The number of piperidine rings is 1. The molecule has 1 aromatic carbocycles. The molecule has 1 aliphatic heterocycles. The molecular weight excluding hydrogens is 339 g/mol. The Bertz CT molecular complexity index is 835. The Morgan fingerprint density at radius 3 is 2.41 bits per heavy atom. The molecule has 4 heteroatoms. The van der Waals surface area contributed by atoms with Crippen LogP contribution < -0.4 is 9.64 Å². The van der Waals surface area contributed by atoms with Crippen LogP contribution in [0, 0.1) is 25.1 Å². The molecule has 0 atom stereocenters. The molecule has 0 aliphatic carbocycles. The second-order valence-electron chi connectivity index (χ2n) is 8.34. The van der Waals surface area contributed by atoms with Crippen molar-refractivity contribution in [3.8, 4) is 16.9 Å². The fraction of sp³-hybridized carbons (Fsp3) is 0.522. The van der Waals surface area contributed by atoms with Crippen LogP contribution in [0.2, 0.25) is 0 Å². The molecule has 0 radical (unpaired) electrons. The molecule has 2 aromatic rings. The van der Waals surface area contributed by atoms with Gasteiger partial charge in [-0.1, -0.05) is 26.8 Å². The third-order valence-corrected chi connectivity index (χ3v) is 5.88. The molecule has 27 heavy (non-hydrogen) atoms. The molecule has 1 aliphatic rings. The van der Waals surface area contributed by atoms with Gasteiger partial charge in [-0.3, -0.25) is 4.98 Å². The van der Waals surface area contributed by atoms with E-state index >= 15 is 0 Å². The lowest BCUT2D eigenvalue weighted by molar-refractivity contribution is 0.279. The van der Waals surface area contributed by atoms with E-state index in [1.807, 2.05) is 6.07 Å². The predicted molar refractivity (Wildman–Crippen MR) is 110 cm³/mol. The number of pyridine rings is 1. The average molecular weight is 371 g/mol. The van der Waals surface area contributed by atoms with E-state index in [1.165, 1.54) is 37.3 Å². The number of hydrogen-bond donors (Lipinski definition) is 0. The van der Waals surface area contributed by atoms with Crippen molar-refractivity contribution >= 4 is 5.69 Å². The van der Waals surface area contributed by atoms with Crippen molar-refractivity contribution in [2.24, 2.45) is 5.41 Å². The number of hydrogen-bond acceptors (Lipinski definition) is 3. The van der Waals surface area contributed by atoms with Crippen LogP contribution in [0.25, 0.3) is 11.1 Å². The average Bonchev–Trinajstić information content (AvgIpc) is 2.62. The molecule has 0 saturated carbocycles. The van der Waals surface area contributed by atoms with E-state index in [2.05, 4.69) is 39.5 Å². The summed E-state index contributed by atoms with van der Waals surface area (Å²) in [5, 5.41) is 0. The van der Waals surface area contributed by atoms with Crippen molar-refractivity contribution in [3.05, 3.63) is 41.0 Å². The monoisotopic (exact) mass is 370 g/mol. The number of halogens is 1. The Labute approximate surface area is 162 Å². The van der Waals surface area contributed by atoms with Crippen LogP contribution in [0.15, 0.2) is 18.2 Å². The van der Waals surface area contributed by atoms with Crippen molar-refractivity contribution in [3.63, 3.8) is 0 Å². The lowest BCUT2D eigenvalue weighted by atomic mass is 9.82. The number of ether oxygens (including phenoxy) is 1. The molecule has 0 N–H and O–H groups in total. The molecule has 0 bridgehead atoms. The Morgan fingerprint density at radius 2 is 1.81 bits per heavy atom. The largest absolute Gasteiger partial charge is 0.494 e. The molecule has 1 aromatic heterocycles. The van der Waals surface area contributed by atoms with Crippen molar-refractivity contribution in [2.75, 3.05) is 25.1 Å². The first-order valence-corrected chi connectivity index (χ1v) is 9.86. The minimum atomic E-state index is -0.337. The van der Waals surface area contributed by atoms with E-state index in [0.717, 1.165) is 42.0 Å². The van der Waals surface area contributed by atoms with Gasteiger partial charge in [0.25, 0.3) is 0 Å². The van der Waals surface area contributed by atoms with E-state index < -0.39 is 0 Å². The van der Waals surface area contributed by atoms with Crippen LogP contribution in [-0.4, -0.2) is 25.2 Å². The fourth-order valence-electron chi connectivity index (χ4n) is 4.14. The molecule has 0 unspecified atom stereocenters. The van der Waals surface area contributed by atoms with Gasteiger partial charge >= 0.3 is 0 Å². The molecule has 1 fully saturated rings. The van der Waals surface area contributed by atoms with Gasteiger partial charge in [-0.25, -0.2) is 4.39 Å². The first-order chi connectivity index (χ1) is 12.8. The number of anilines is 1. The zero-order valence-corrected chi connectivity index (χ0v) is 17.4. The van der Waals surface area contributed by atoms with Gasteiger partial charge in [-0.15, -0.1) is 0 Å². The Hall–Kier alpha value is -2.10. The zero-order valence-electron chi connectivity index (χ0n) is 17.4. The van der Waals surface area contributed by atoms with Crippen LogP contribution in [0.3, 0.4) is 0 Å². The summed E-state index contributed by atoms with van der Waals surface area (Å²) in [6, 6.07) is 5.13. The Balaban J connectivity index is 2.19. The van der Waals surface area contributed by atoms with Gasteiger partial charge in [0.1, 0.15) is 0 Å². The lowest BCUT2D eigenvalue weighted by Gasteiger charge is -2.40. The Morgan fingerprint density at radius 1 is 1.15 bits per heavy atom. The van der Waals surface area contributed by atoms with Crippen LogP contribution in [-0.2, 0) is 6.42 Å².